The lowest BCUT2D eigenvalue weighted by Gasteiger charge is -2.35. The number of hydrogen-bond donors (Lipinski definition) is 1. The van der Waals surface area contributed by atoms with Gasteiger partial charge in [0.25, 0.3) is 0 Å². The van der Waals surface area contributed by atoms with E-state index in [1.54, 1.807) is 11.1 Å². The third kappa shape index (κ3) is 2.51. The number of aryl methyl sites for hydroxylation is 3. The molecule has 0 amide bonds. The Labute approximate surface area is 127 Å². The first-order chi connectivity index (χ1) is 10.2. The van der Waals surface area contributed by atoms with Gasteiger partial charge < -0.3 is 5.73 Å². The molecule has 0 radical (unpaired) electrons. The third-order valence-corrected chi connectivity index (χ3v) is 5.27. The molecule has 2 aliphatic carbocycles. The van der Waals surface area contributed by atoms with E-state index in [1.165, 1.54) is 36.0 Å². The second kappa shape index (κ2) is 4.99. The zero-order chi connectivity index (χ0) is 14.3. The van der Waals surface area contributed by atoms with Gasteiger partial charge in [-0.05, 0) is 72.8 Å². The van der Waals surface area contributed by atoms with E-state index in [1.807, 2.05) is 0 Å². The molecule has 0 heterocycles. The summed E-state index contributed by atoms with van der Waals surface area (Å²) in [7, 11) is 0. The van der Waals surface area contributed by atoms with Gasteiger partial charge in [0.1, 0.15) is 0 Å². The molecule has 2 aromatic carbocycles. The average Bonchev–Trinajstić information content (AvgIpc) is 2.94. The fourth-order valence-corrected chi connectivity index (χ4v) is 4.12. The predicted octanol–water partition coefficient (Wildman–Crippen LogP) is 3.60. The second-order valence-electron chi connectivity index (χ2n) is 6.94. The molecule has 1 atom stereocenters. The van der Waals surface area contributed by atoms with Gasteiger partial charge in [-0.25, -0.2) is 0 Å². The Hall–Kier alpha value is -1.60. The van der Waals surface area contributed by atoms with Crippen molar-refractivity contribution in [1.29, 1.82) is 0 Å². The Kier molecular flexibility index (Phi) is 3.11. The molecule has 0 fully saturated rings. The van der Waals surface area contributed by atoms with E-state index in [2.05, 4.69) is 42.5 Å². The minimum absolute atomic E-state index is 0.0683. The molecule has 1 unspecified atom stereocenters. The largest absolute Gasteiger partial charge is 0.324 e. The molecule has 1 nitrogen and oxygen atoms in total. The molecule has 108 valence electrons. The molecule has 0 saturated carbocycles. The van der Waals surface area contributed by atoms with E-state index in [-0.39, 0.29) is 5.54 Å². The van der Waals surface area contributed by atoms with Crippen LogP contribution < -0.4 is 5.73 Å². The van der Waals surface area contributed by atoms with Gasteiger partial charge in [-0.1, -0.05) is 42.5 Å². The van der Waals surface area contributed by atoms with Crippen LogP contribution in [0.5, 0.6) is 0 Å². The van der Waals surface area contributed by atoms with Gasteiger partial charge in [0, 0.05) is 5.54 Å². The topological polar surface area (TPSA) is 26.0 Å². The van der Waals surface area contributed by atoms with Crippen molar-refractivity contribution >= 4 is 0 Å². The average molecular weight is 277 g/mol. The first-order valence-electron chi connectivity index (χ1n) is 8.18. The summed E-state index contributed by atoms with van der Waals surface area (Å²) in [5, 5.41) is 0. The van der Waals surface area contributed by atoms with Gasteiger partial charge in [-0.2, -0.15) is 0 Å². The quantitative estimate of drug-likeness (QED) is 0.891. The van der Waals surface area contributed by atoms with E-state index in [4.69, 9.17) is 5.73 Å². The Morgan fingerprint density at radius 3 is 2.52 bits per heavy atom. The standard InChI is InChI=1S/C20H23N/c21-20(11-10-17-4-1-2-5-19(17)14-20)13-15-8-9-16-6-3-7-18(16)12-15/h1-2,4-5,8-9,12H,3,6-7,10-11,13-14,21H2. The van der Waals surface area contributed by atoms with E-state index < -0.39 is 0 Å². The van der Waals surface area contributed by atoms with E-state index in [9.17, 15) is 0 Å². The zero-order valence-electron chi connectivity index (χ0n) is 12.6. The van der Waals surface area contributed by atoms with Crippen LogP contribution in [0, 0.1) is 0 Å². The molecule has 2 aliphatic rings. The summed E-state index contributed by atoms with van der Waals surface area (Å²) < 4.78 is 0. The van der Waals surface area contributed by atoms with Gasteiger partial charge in [0.2, 0.25) is 0 Å². The Morgan fingerprint density at radius 2 is 1.62 bits per heavy atom. The van der Waals surface area contributed by atoms with Crippen LogP contribution in [0.2, 0.25) is 0 Å². The van der Waals surface area contributed by atoms with Crippen LogP contribution in [-0.4, -0.2) is 5.54 Å². The van der Waals surface area contributed by atoms with Crippen molar-refractivity contribution < 1.29 is 0 Å². The van der Waals surface area contributed by atoms with Crippen LogP contribution in [-0.2, 0) is 32.1 Å². The van der Waals surface area contributed by atoms with Crippen LogP contribution in [0.3, 0.4) is 0 Å². The fraction of sp³-hybridized carbons (Fsp3) is 0.400. The lowest BCUT2D eigenvalue weighted by molar-refractivity contribution is 0.369. The maximum atomic E-state index is 6.75. The molecule has 21 heavy (non-hydrogen) atoms. The Morgan fingerprint density at radius 1 is 0.857 bits per heavy atom. The van der Waals surface area contributed by atoms with Gasteiger partial charge in [-0.15, -0.1) is 0 Å². The van der Waals surface area contributed by atoms with Crippen molar-refractivity contribution in [3.63, 3.8) is 0 Å². The second-order valence-corrected chi connectivity index (χ2v) is 6.94. The summed E-state index contributed by atoms with van der Waals surface area (Å²) in [5.74, 6) is 0. The van der Waals surface area contributed by atoms with E-state index in [0.29, 0.717) is 0 Å². The maximum Gasteiger partial charge on any atom is 0.0239 e. The molecular weight excluding hydrogens is 254 g/mol. The summed E-state index contributed by atoms with van der Waals surface area (Å²) in [6, 6.07) is 15.8. The number of rotatable bonds is 2. The van der Waals surface area contributed by atoms with Crippen molar-refractivity contribution in [2.45, 2.75) is 50.5 Å². The van der Waals surface area contributed by atoms with Crippen LogP contribution >= 0.6 is 0 Å². The van der Waals surface area contributed by atoms with E-state index >= 15 is 0 Å². The van der Waals surface area contributed by atoms with Gasteiger partial charge in [-0.3, -0.25) is 0 Å². The third-order valence-electron chi connectivity index (χ3n) is 5.27. The summed E-state index contributed by atoms with van der Waals surface area (Å²) in [6.07, 6.45) is 8.08. The van der Waals surface area contributed by atoms with Crippen LogP contribution in [0.15, 0.2) is 42.5 Å². The molecule has 0 spiro atoms. The van der Waals surface area contributed by atoms with Gasteiger partial charge in [0.15, 0.2) is 0 Å². The van der Waals surface area contributed by atoms with Crippen molar-refractivity contribution in [2.24, 2.45) is 5.73 Å². The minimum atomic E-state index is -0.0683. The molecule has 1 heteroatoms. The monoisotopic (exact) mass is 277 g/mol. The molecule has 0 bridgehead atoms. The molecule has 4 rings (SSSR count). The molecule has 0 aromatic heterocycles. The van der Waals surface area contributed by atoms with Crippen molar-refractivity contribution in [3.8, 4) is 0 Å². The van der Waals surface area contributed by atoms with Crippen molar-refractivity contribution in [3.05, 3.63) is 70.3 Å². The lowest BCUT2D eigenvalue weighted by atomic mass is 9.75. The molecule has 2 aromatic rings. The van der Waals surface area contributed by atoms with Crippen molar-refractivity contribution in [2.75, 3.05) is 0 Å². The number of benzene rings is 2. The maximum absolute atomic E-state index is 6.75. The summed E-state index contributed by atoms with van der Waals surface area (Å²) in [5.41, 5.74) is 14.2. The smallest absolute Gasteiger partial charge is 0.0239 e. The highest BCUT2D eigenvalue weighted by molar-refractivity contribution is 5.37. The lowest BCUT2D eigenvalue weighted by Crippen LogP contribution is -2.47. The number of fused-ring (bicyclic) bond motifs is 2. The van der Waals surface area contributed by atoms with Gasteiger partial charge in [0.05, 0.1) is 0 Å². The highest BCUT2D eigenvalue weighted by atomic mass is 14.7. The Bertz CT molecular complexity index is 673. The first kappa shape index (κ1) is 13.1. The van der Waals surface area contributed by atoms with Crippen LogP contribution in [0.1, 0.15) is 40.7 Å². The first-order valence-corrected chi connectivity index (χ1v) is 8.18. The summed E-state index contributed by atoms with van der Waals surface area (Å²) in [4.78, 5) is 0. The summed E-state index contributed by atoms with van der Waals surface area (Å²) >= 11 is 0. The predicted molar refractivity (Wildman–Crippen MR) is 87.6 cm³/mol. The molecular formula is C20H23N. The molecule has 0 saturated heterocycles. The Balaban J connectivity index is 1.57. The minimum Gasteiger partial charge on any atom is -0.324 e. The molecule has 0 aliphatic heterocycles. The highest BCUT2D eigenvalue weighted by Crippen LogP contribution is 2.31. The number of hydrogen-bond acceptors (Lipinski definition) is 1. The van der Waals surface area contributed by atoms with Crippen LogP contribution in [0.25, 0.3) is 0 Å². The summed E-state index contributed by atoms with van der Waals surface area (Å²) in [6.45, 7) is 0. The number of nitrogens with two attached hydrogens (primary N) is 1. The van der Waals surface area contributed by atoms with Gasteiger partial charge >= 0.3 is 0 Å². The normalized spacial score (nSPS) is 23.7. The van der Waals surface area contributed by atoms with E-state index in [0.717, 1.165) is 25.7 Å². The zero-order valence-corrected chi connectivity index (χ0v) is 12.6. The fourth-order valence-electron chi connectivity index (χ4n) is 4.12. The molecule has 2 N–H and O–H groups in total. The van der Waals surface area contributed by atoms with Crippen LogP contribution in [0.4, 0.5) is 0 Å². The van der Waals surface area contributed by atoms with Crippen molar-refractivity contribution in [1.82, 2.24) is 0 Å². The SMILES string of the molecule is NC1(Cc2ccc3c(c2)CCC3)CCc2ccccc2C1. The highest BCUT2D eigenvalue weighted by Gasteiger charge is 2.30.